The summed E-state index contributed by atoms with van der Waals surface area (Å²) in [6.07, 6.45) is 4.98. The highest BCUT2D eigenvalue weighted by Gasteiger charge is 2.28. The molecule has 0 bridgehead atoms. The number of nitrogens with one attached hydrogen (secondary N) is 1. The van der Waals surface area contributed by atoms with Crippen molar-refractivity contribution in [3.8, 4) is 23.1 Å². The SMILES string of the molecule is Cc1ccccc1-c1c(C#N)c(O)[nH]c(=O)c1[N+]1=CCCCC1. The summed E-state index contributed by atoms with van der Waals surface area (Å²) in [5.41, 5.74) is 2.41. The average Bonchev–Trinajstić information content (AvgIpc) is 2.55. The first-order chi connectivity index (χ1) is 11.1. The molecule has 2 N–H and O–H groups in total. The van der Waals surface area contributed by atoms with Gasteiger partial charge in [-0.3, -0.25) is 9.78 Å². The minimum Gasteiger partial charge on any atom is -0.494 e. The van der Waals surface area contributed by atoms with Crippen molar-refractivity contribution in [3.63, 3.8) is 0 Å². The second-order valence-electron chi connectivity index (χ2n) is 5.70. The van der Waals surface area contributed by atoms with Crippen LogP contribution in [-0.2, 0) is 0 Å². The minimum absolute atomic E-state index is 0.105. The maximum absolute atomic E-state index is 12.5. The van der Waals surface area contributed by atoms with E-state index in [-0.39, 0.29) is 17.0 Å². The van der Waals surface area contributed by atoms with Crippen LogP contribution in [0.15, 0.2) is 29.1 Å². The van der Waals surface area contributed by atoms with Crippen LogP contribution in [0.25, 0.3) is 11.1 Å². The Bertz CT molecular complexity index is 888. The van der Waals surface area contributed by atoms with Crippen LogP contribution in [0.1, 0.15) is 30.4 Å². The Morgan fingerprint density at radius 2 is 2.09 bits per heavy atom. The zero-order valence-electron chi connectivity index (χ0n) is 13.0. The normalized spacial score (nSPS) is 14.2. The first kappa shape index (κ1) is 15.0. The van der Waals surface area contributed by atoms with Gasteiger partial charge in [0.15, 0.2) is 0 Å². The van der Waals surface area contributed by atoms with Crippen molar-refractivity contribution in [1.29, 1.82) is 5.26 Å². The number of rotatable bonds is 2. The van der Waals surface area contributed by atoms with Gasteiger partial charge in [-0.2, -0.15) is 9.84 Å². The summed E-state index contributed by atoms with van der Waals surface area (Å²) in [6, 6.07) is 9.61. The van der Waals surface area contributed by atoms with Crippen molar-refractivity contribution >= 4 is 11.9 Å². The summed E-state index contributed by atoms with van der Waals surface area (Å²) >= 11 is 0. The van der Waals surface area contributed by atoms with Gasteiger partial charge in [0.1, 0.15) is 24.4 Å². The van der Waals surface area contributed by atoms with Gasteiger partial charge in [0.25, 0.3) is 5.69 Å². The number of nitrogens with zero attached hydrogens (tertiary/aromatic N) is 2. The lowest BCUT2D eigenvalue weighted by molar-refractivity contribution is -0.442. The molecule has 5 heteroatoms. The fourth-order valence-corrected chi connectivity index (χ4v) is 3.05. The molecular formula is C18H18N3O2+. The summed E-state index contributed by atoms with van der Waals surface area (Å²) in [7, 11) is 0. The molecule has 1 aliphatic heterocycles. The molecule has 1 aromatic heterocycles. The zero-order chi connectivity index (χ0) is 16.4. The predicted octanol–water partition coefficient (Wildman–Crippen LogP) is 2.83. The van der Waals surface area contributed by atoms with E-state index in [1.54, 1.807) is 0 Å². The molecule has 0 saturated heterocycles. The molecule has 0 atom stereocenters. The summed E-state index contributed by atoms with van der Waals surface area (Å²) in [6.45, 7) is 2.66. The van der Waals surface area contributed by atoms with Crippen molar-refractivity contribution in [3.05, 3.63) is 45.7 Å². The van der Waals surface area contributed by atoms with E-state index in [0.717, 1.165) is 36.9 Å². The van der Waals surface area contributed by atoms with E-state index in [9.17, 15) is 15.2 Å². The van der Waals surface area contributed by atoms with Gasteiger partial charge in [-0.15, -0.1) is 0 Å². The molecule has 3 rings (SSSR count). The highest BCUT2D eigenvalue weighted by molar-refractivity contribution is 5.82. The van der Waals surface area contributed by atoms with Crippen LogP contribution >= 0.6 is 0 Å². The first-order valence-electron chi connectivity index (χ1n) is 7.68. The zero-order valence-corrected chi connectivity index (χ0v) is 13.0. The van der Waals surface area contributed by atoms with E-state index in [1.807, 2.05) is 48.0 Å². The van der Waals surface area contributed by atoms with Crippen LogP contribution in [0.4, 0.5) is 5.69 Å². The van der Waals surface area contributed by atoms with E-state index < -0.39 is 0 Å². The molecular weight excluding hydrogens is 290 g/mol. The lowest BCUT2D eigenvalue weighted by Crippen LogP contribution is -2.23. The molecule has 1 aliphatic rings. The number of nitriles is 1. The van der Waals surface area contributed by atoms with Crippen molar-refractivity contribution < 1.29 is 9.68 Å². The lowest BCUT2D eigenvalue weighted by Gasteiger charge is -2.14. The Morgan fingerprint density at radius 1 is 1.30 bits per heavy atom. The smallest absolute Gasteiger partial charge is 0.323 e. The second-order valence-corrected chi connectivity index (χ2v) is 5.70. The van der Waals surface area contributed by atoms with Gasteiger partial charge in [0, 0.05) is 12.8 Å². The number of aromatic hydroxyl groups is 1. The third kappa shape index (κ3) is 2.64. The van der Waals surface area contributed by atoms with Crippen LogP contribution < -0.4 is 5.56 Å². The van der Waals surface area contributed by atoms with Gasteiger partial charge >= 0.3 is 5.56 Å². The number of H-pyrrole nitrogens is 1. The third-order valence-electron chi connectivity index (χ3n) is 4.19. The number of aromatic amines is 1. The van der Waals surface area contributed by atoms with Gasteiger partial charge in [0.05, 0.1) is 5.56 Å². The molecule has 2 aromatic rings. The highest BCUT2D eigenvalue weighted by Crippen LogP contribution is 2.36. The maximum Gasteiger partial charge on any atom is 0.323 e. The molecule has 23 heavy (non-hydrogen) atoms. The number of aryl methyl sites for hydroxylation is 1. The van der Waals surface area contributed by atoms with Crippen LogP contribution in [-0.4, -0.2) is 27.4 Å². The van der Waals surface area contributed by atoms with Crippen LogP contribution in [0, 0.1) is 18.3 Å². The summed E-state index contributed by atoms with van der Waals surface area (Å²) < 4.78 is 1.91. The van der Waals surface area contributed by atoms with Gasteiger partial charge in [-0.1, -0.05) is 24.3 Å². The quantitative estimate of drug-likeness (QED) is 0.837. The standard InChI is InChI=1S/C18H17N3O2/c1-12-7-3-4-8-13(12)15-14(11-19)17(22)20-18(23)16(15)21-9-5-2-6-10-21/h3-4,7-9H,2,5-6,10H2,1H3,(H-,20,22,23)/p+1. The number of hydrogen-bond acceptors (Lipinski definition) is 3. The van der Waals surface area contributed by atoms with Crippen molar-refractivity contribution in [2.45, 2.75) is 26.2 Å². The summed E-state index contributed by atoms with van der Waals surface area (Å²) in [5, 5.41) is 19.5. The van der Waals surface area contributed by atoms with Crippen LogP contribution in [0.3, 0.4) is 0 Å². The van der Waals surface area contributed by atoms with E-state index in [0.29, 0.717) is 11.3 Å². The molecule has 0 spiro atoms. The molecule has 0 amide bonds. The van der Waals surface area contributed by atoms with E-state index >= 15 is 0 Å². The monoisotopic (exact) mass is 308 g/mol. The van der Waals surface area contributed by atoms with Gasteiger partial charge < -0.3 is 5.11 Å². The summed E-state index contributed by atoms with van der Waals surface area (Å²) in [5.74, 6) is -0.378. The fourth-order valence-electron chi connectivity index (χ4n) is 3.05. The summed E-state index contributed by atoms with van der Waals surface area (Å²) in [4.78, 5) is 14.9. The molecule has 0 aliphatic carbocycles. The molecule has 116 valence electrons. The molecule has 0 radical (unpaired) electrons. The number of aromatic nitrogens is 1. The minimum atomic E-state index is -0.378. The average molecular weight is 308 g/mol. The Morgan fingerprint density at radius 3 is 2.74 bits per heavy atom. The first-order valence-corrected chi connectivity index (χ1v) is 7.68. The van der Waals surface area contributed by atoms with E-state index in [2.05, 4.69) is 4.98 Å². The topological polar surface area (TPSA) is 79.9 Å². The number of benzene rings is 1. The molecule has 2 heterocycles. The Labute approximate surface area is 134 Å². The molecule has 0 fully saturated rings. The maximum atomic E-state index is 12.5. The predicted molar refractivity (Wildman–Crippen MR) is 88.3 cm³/mol. The van der Waals surface area contributed by atoms with Crippen molar-refractivity contribution in [1.82, 2.24) is 4.98 Å². The fraction of sp³-hybridized carbons (Fsp3) is 0.278. The number of hydrogen-bond donors (Lipinski definition) is 2. The third-order valence-corrected chi connectivity index (χ3v) is 4.19. The largest absolute Gasteiger partial charge is 0.494 e. The van der Waals surface area contributed by atoms with Crippen molar-refractivity contribution in [2.24, 2.45) is 0 Å². The van der Waals surface area contributed by atoms with Crippen LogP contribution in [0.5, 0.6) is 5.88 Å². The van der Waals surface area contributed by atoms with Crippen LogP contribution in [0.2, 0.25) is 0 Å². The Hall–Kier alpha value is -2.87. The molecule has 0 unspecified atom stereocenters. The highest BCUT2D eigenvalue weighted by atomic mass is 16.3. The lowest BCUT2D eigenvalue weighted by atomic mass is 9.95. The van der Waals surface area contributed by atoms with Gasteiger partial charge in [-0.25, -0.2) is 0 Å². The molecule has 1 aromatic carbocycles. The molecule has 5 nitrogen and oxygen atoms in total. The van der Waals surface area contributed by atoms with Crippen molar-refractivity contribution in [2.75, 3.05) is 6.54 Å². The second kappa shape index (κ2) is 6.09. The van der Waals surface area contributed by atoms with Gasteiger partial charge in [-0.05, 0) is 24.5 Å². The molecule has 0 saturated carbocycles. The van der Waals surface area contributed by atoms with E-state index in [1.165, 1.54) is 0 Å². The number of pyridine rings is 1. The Balaban J connectivity index is 2.40. The Kier molecular flexibility index (Phi) is 3.98. The van der Waals surface area contributed by atoms with E-state index in [4.69, 9.17) is 0 Å². The van der Waals surface area contributed by atoms with Gasteiger partial charge in [0.2, 0.25) is 5.88 Å².